The van der Waals surface area contributed by atoms with Gasteiger partial charge in [-0.3, -0.25) is 14.5 Å². The first kappa shape index (κ1) is 24.6. The third kappa shape index (κ3) is 4.53. The molecule has 1 amide bonds. The summed E-state index contributed by atoms with van der Waals surface area (Å²) in [5.41, 5.74) is 6.34. The van der Waals surface area contributed by atoms with Crippen LogP contribution in [0.1, 0.15) is 55.2 Å². The predicted molar refractivity (Wildman–Crippen MR) is 140 cm³/mol. The minimum absolute atomic E-state index is 0.162. The van der Waals surface area contributed by atoms with Gasteiger partial charge in [-0.2, -0.15) is 0 Å². The second-order valence-electron chi connectivity index (χ2n) is 10.1. The van der Waals surface area contributed by atoms with Gasteiger partial charge in [-0.15, -0.1) is 0 Å². The molecule has 7 heteroatoms. The zero-order chi connectivity index (χ0) is 24.7. The number of carbonyl (C=O) groups excluding carboxylic acids is 1. The standard InChI is InChI=1S/C27H35ClN4O2/c1-16(2)24-20-13-19(18-9-11-32(12-10-18)15-23(33)30(4)5)7-8-22(20)29-26(24)21-14-31(6)27(34)25(28)17(21)3/h7-8,13-14,16,18,29H,9-12,15H2,1-6H3. The van der Waals surface area contributed by atoms with Crippen LogP contribution in [0.2, 0.25) is 5.02 Å². The van der Waals surface area contributed by atoms with Crippen molar-refractivity contribution in [3.05, 3.63) is 56.5 Å². The molecule has 1 aliphatic rings. The van der Waals surface area contributed by atoms with Crippen molar-refractivity contribution in [3.63, 3.8) is 0 Å². The van der Waals surface area contributed by atoms with Gasteiger partial charge >= 0.3 is 0 Å². The van der Waals surface area contributed by atoms with Gasteiger partial charge in [-0.1, -0.05) is 31.5 Å². The van der Waals surface area contributed by atoms with E-state index in [1.165, 1.54) is 16.5 Å². The number of likely N-dealkylation sites (tertiary alicyclic amines) is 1. The summed E-state index contributed by atoms with van der Waals surface area (Å²) in [4.78, 5) is 31.9. The third-order valence-corrected chi connectivity index (χ3v) is 7.64. The van der Waals surface area contributed by atoms with Crippen LogP contribution in [0.3, 0.4) is 0 Å². The highest BCUT2D eigenvalue weighted by Gasteiger charge is 2.25. The van der Waals surface area contributed by atoms with E-state index in [1.807, 2.05) is 27.2 Å². The van der Waals surface area contributed by atoms with E-state index in [2.05, 4.69) is 41.9 Å². The fraction of sp³-hybridized carbons (Fsp3) is 0.481. The molecule has 1 N–H and O–H groups in total. The van der Waals surface area contributed by atoms with Crippen LogP contribution in [-0.4, -0.2) is 59.0 Å². The van der Waals surface area contributed by atoms with Gasteiger partial charge in [0.1, 0.15) is 5.02 Å². The van der Waals surface area contributed by atoms with E-state index in [9.17, 15) is 9.59 Å². The van der Waals surface area contributed by atoms with Crippen LogP contribution in [0, 0.1) is 6.92 Å². The van der Waals surface area contributed by atoms with Crippen molar-refractivity contribution in [1.29, 1.82) is 0 Å². The molecule has 1 aliphatic heterocycles. The average molecular weight is 483 g/mol. The smallest absolute Gasteiger partial charge is 0.269 e. The molecule has 0 unspecified atom stereocenters. The summed E-state index contributed by atoms with van der Waals surface area (Å²) in [5, 5.41) is 1.51. The summed E-state index contributed by atoms with van der Waals surface area (Å²) in [7, 11) is 5.36. The molecular weight excluding hydrogens is 448 g/mol. The fourth-order valence-electron chi connectivity index (χ4n) is 5.09. The Balaban J connectivity index is 1.68. The summed E-state index contributed by atoms with van der Waals surface area (Å²) in [5.74, 6) is 0.950. The number of carbonyl (C=O) groups is 1. The van der Waals surface area contributed by atoms with Gasteiger partial charge in [0.25, 0.3) is 5.56 Å². The lowest BCUT2D eigenvalue weighted by Gasteiger charge is -2.32. The van der Waals surface area contributed by atoms with Gasteiger partial charge in [-0.25, -0.2) is 0 Å². The number of amides is 1. The van der Waals surface area contributed by atoms with Gasteiger partial charge in [-0.05, 0) is 73.5 Å². The highest BCUT2D eigenvalue weighted by molar-refractivity contribution is 6.31. The van der Waals surface area contributed by atoms with Crippen LogP contribution >= 0.6 is 11.6 Å². The summed E-state index contributed by atoms with van der Waals surface area (Å²) >= 11 is 6.38. The Bertz CT molecular complexity index is 1280. The van der Waals surface area contributed by atoms with Gasteiger partial charge in [0.05, 0.1) is 12.2 Å². The second kappa shape index (κ2) is 9.59. The number of aryl methyl sites for hydroxylation is 1. The Morgan fingerprint density at radius 1 is 1.24 bits per heavy atom. The predicted octanol–water partition coefficient (Wildman–Crippen LogP) is 4.89. The highest BCUT2D eigenvalue weighted by Crippen LogP contribution is 2.39. The molecule has 0 saturated carbocycles. The molecule has 4 rings (SSSR count). The van der Waals surface area contributed by atoms with Crippen LogP contribution in [0.4, 0.5) is 0 Å². The fourth-order valence-corrected chi connectivity index (χ4v) is 5.32. The maximum absolute atomic E-state index is 12.3. The van der Waals surface area contributed by atoms with Crippen molar-refractivity contribution in [2.24, 2.45) is 7.05 Å². The number of aromatic amines is 1. The van der Waals surface area contributed by atoms with Crippen LogP contribution < -0.4 is 5.56 Å². The zero-order valence-corrected chi connectivity index (χ0v) is 21.8. The molecule has 0 atom stereocenters. The monoisotopic (exact) mass is 482 g/mol. The Morgan fingerprint density at radius 2 is 1.91 bits per heavy atom. The molecule has 1 fully saturated rings. The molecule has 1 aromatic carbocycles. The molecule has 1 saturated heterocycles. The van der Waals surface area contributed by atoms with E-state index >= 15 is 0 Å². The first-order valence-corrected chi connectivity index (χ1v) is 12.4. The molecule has 3 heterocycles. The SMILES string of the molecule is Cc1c(-c2[nH]c3ccc(C4CCN(CC(=O)N(C)C)CC4)cc3c2C(C)C)cn(C)c(=O)c1Cl. The third-order valence-electron chi connectivity index (χ3n) is 7.19. The van der Waals surface area contributed by atoms with Crippen molar-refractivity contribution >= 4 is 28.4 Å². The number of aromatic nitrogens is 2. The molecule has 6 nitrogen and oxygen atoms in total. The maximum atomic E-state index is 12.3. The Hall–Kier alpha value is -2.57. The number of hydrogen-bond donors (Lipinski definition) is 1. The van der Waals surface area contributed by atoms with Crippen molar-refractivity contribution in [1.82, 2.24) is 19.4 Å². The number of hydrogen-bond acceptors (Lipinski definition) is 3. The minimum Gasteiger partial charge on any atom is -0.354 e. The Kier molecular flexibility index (Phi) is 6.92. The first-order valence-electron chi connectivity index (χ1n) is 12.0. The quantitative estimate of drug-likeness (QED) is 0.563. The topological polar surface area (TPSA) is 61.3 Å². The molecule has 34 heavy (non-hydrogen) atoms. The number of nitrogens with zero attached hydrogens (tertiary/aromatic N) is 3. The second-order valence-corrected chi connectivity index (χ2v) is 10.5. The summed E-state index contributed by atoms with van der Waals surface area (Å²) in [6.07, 6.45) is 3.98. The lowest BCUT2D eigenvalue weighted by Crippen LogP contribution is -2.40. The number of likely N-dealkylation sites (N-methyl/N-ethyl adjacent to an activating group) is 1. The van der Waals surface area contributed by atoms with E-state index in [-0.39, 0.29) is 16.5 Å². The highest BCUT2D eigenvalue weighted by atomic mass is 35.5. The van der Waals surface area contributed by atoms with Crippen LogP contribution in [0.15, 0.2) is 29.2 Å². The molecule has 0 spiro atoms. The number of fused-ring (bicyclic) bond motifs is 1. The molecule has 3 aromatic rings. The number of rotatable bonds is 5. The summed E-state index contributed by atoms with van der Waals surface area (Å²) in [6, 6.07) is 6.76. The van der Waals surface area contributed by atoms with Crippen molar-refractivity contribution in [2.75, 3.05) is 33.7 Å². The van der Waals surface area contributed by atoms with Crippen LogP contribution in [0.5, 0.6) is 0 Å². The van der Waals surface area contributed by atoms with Gasteiger partial charge < -0.3 is 14.5 Å². The molecule has 2 aromatic heterocycles. The van der Waals surface area contributed by atoms with Crippen LogP contribution in [0.25, 0.3) is 22.2 Å². The molecular formula is C27H35ClN4O2. The lowest BCUT2D eigenvalue weighted by atomic mass is 9.87. The summed E-state index contributed by atoms with van der Waals surface area (Å²) in [6.45, 7) is 8.70. The van der Waals surface area contributed by atoms with E-state index in [1.54, 1.807) is 16.5 Å². The Morgan fingerprint density at radius 3 is 2.53 bits per heavy atom. The first-order chi connectivity index (χ1) is 16.1. The van der Waals surface area contributed by atoms with E-state index < -0.39 is 0 Å². The zero-order valence-electron chi connectivity index (χ0n) is 21.0. The number of piperidine rings is 1. The number of nitrogens with one attached hydrogen (secondary N) is 1. The summed E-state index contributed by atoms with van der Waals surface area (Å²) < 4.78 is 1.56. The average Bonchev–Trinajstić information content (AvgIpc) is 3.19. The molecule has 0 aliphatic carbocycles. The maximum Gasteiger partial charge on any atom is 0.269 e. The molecule has 182 valence electrons. The Labute approximate surface area is 206 Å². The largest absolute Gasteiger partial charge is 0.354 e. The van der Waals surface area contributed by atoms with Crippen molar-refractivity contribution in [3.8, 4) is 11.3 Å². The number of benzene rings is 1. The van der Waals surface area contributed by atoms with Gasteiger partial charge in [0, 0.05) is 43.8 Å². The van der Waals surface area contributed by atoms with Crippen molar-refractivity contribution in [2.45, 2.75) is 45.4 Å². The lowest BCUT2D eigenvalue weighted by molar-refractivity contribution is -0.130. The molecule has 0 radical (unpaired) electrons. The van der Waals surface area contributed by atoms with Crippen molar-refractivity contribution < 1.29 is 4.79 Å². The number of H-pyrrole nitrogens is 1. The number of pyridine rings is 1. The normalized spacial score (nSPS) is 15.4. The molecule has 0 bridgehead atoms. The van der Waals surface area contributed by atoms with Crippen LogP contribution in [-0.2, 0) is 11.8 Å². The van der Waals surface area contributed by atoms with E-state index in [4.69, 9.17) is 11.6 Å². The minimum atomic E-state index is -0.175. The van der Waals surface area contributed by atoms with E-state index in [0.717, 1.165) is 48.3 Å². The number of halogens is 1. The van der Waals surface area contributed by atoms with E-state index in [0.29, 0.717) is 18.4 Å². The van der Waals surface area contributed by atoms with Gasteiger partial charge in [0.15, 0.2) is 0 Å². The van der Waals surface area contributed by atoms with Gasteiger partial charge in [0.2, 0.25) is 5.91 Å².